The summed E-state index contributed by atoms with van der Waals surface area (Å²) in [5, 5.41) is 14.1. The molecule has 0 radical (unpaired) electrons. The highest BCUT2D eigenvalue weighted by Crippen LogP contribution is 2.45. The maximum Gasteiger partial charge on any atom is 0.319 e. The van der Waals surface area contributed by atoms with Gasteiger partial charge in [0.05, 0.1) is 17.3 Å². The zero-order valence-corrected chi connectivity index (χ0v) is 10.1. The fourth-order valence-corrected chi connectivity index (χ4v) is 1.58. The smallest absolute Gasteiger partial charge is 0.319 e. The molecular weight excluding hydrogens is 234 g/mol. The topological polar surface area (TPSA) is 91.3 Å². The fraction of sp³-hybridized carbons (Fsp3) is 0.417. The van der Waals surface area contributed by atoms with Gasteiger partial charge in [-0.1, -0.05) is 0 Å². The highest BCUT2D eigenvalue weighted by Gasteiger charge is 2.50. The molecule has 2 amide bonds. The van der Waals surface area contributed by atoms with Crippen molar-refractivity contribution in [1.29, 1.82) is 0 Å². The van der Waals surface area contributed by atoms with E-state index in [1.165, 1.54) is 0 Å². The third-order valence-electron chi connectivity index (χ3n) is 3.06. The Morgan fingerprint density at radius 3 is 2.67 bits per heavy atom. The molecule has 1 aromatic heterocycles. The number of amides is 2. The first-order valence-electron chi connectivity index (χ1n) is 5.73. The number of anilines is 1. The van der Waals surface area contributed by atoms with Gasteiger partial charge in [-0.05, 0) is 31.9 Å². The molecule has 0 saturated heterocycles. The Morgan fingerprint density at radius 2 is 2.17 bits per heavy atom. The second kappa shape index (κ2) is 4.64. The summed E-state index contributed by atoms with van der Waals surface area (Å²) in [6.45, 7) is 2.01. The summed E-state index contributed by atoms with van der Waals surface area (Å²) in [6.07, 6.45) is 2.79. The molecule has 0 aliphatic heterocycles. The van der Waals surface area contributed by atoms with Gasteiger partial charge >= 0.3 is 12.0 Å². The second-order valence-corrected chi connectivity index (χ2v) is 4.58. The number of carbonyl (C=O) groups is 2. The Bertz CT molecular complexity index is 466. The van der Waals surface area contributed by atoms with E-state index in [1.54, 1.807) is 18.3 Å². The number of hydrogen-bond acceptors (Lipinski definition) is 3. The number of carbonyl (C=O) groups excluding carboxylic acids is 1. The molecule has 0 aromatic carbocycles. The number of pyridine rings is 1. The van der Waals surface area contributed by atoms with Gasteiger partial charge in [-0.15, -0.1) is 0 Å². The second-order valence-electron chi connectivity index (χ2n) is 4.58. The third kappa shape index (κ3) is 2.77. The normalized spacial score (nSPS) is 15.8. The summed E-state index contributed by atoms with van der Waals surface area (Å²) >= 11 is 0. The minimum absolute atomic E-state index is 0.160. The molecule has 1 aliphatic rings. The molecule has 18 heavy (non-hydrogen) atoms. The van der Waals surface area contributed by atoms with Crippen molar-refractivity contribution in [2.75, 3.05) is 11.9 Å². The van der Waals surface area contributed by atoms with E-state index in [0.717, 1.165) is 5.69 Å². The molecule has 0 atom stereocenters. The van der Waals surface area contributed by atoms with Gasteiger partial charge in [0.1, 0.15) is 0 Å². The van der Waals surface area contributed by atoms with Crippen LogP contribution in [0.15, 0.2) is 18.3 Å². The van der Waals surface area contributed by atoms with Crippen LogP contribution >= 0.6 is 0 Å². The van der Waals surface area contributed by atoms with E-state index in [4.69, 9.17) is 5.11 Å². The molecule has 6 nitrogen and oxygen atoms in total. The number of aromatic nitrogens is 1. The van der Waals surface area contributed by atoms with Gasteiger partial charge in [0, 0.05) is 12.2 Å². The van der Waals surface area contributed by atoms with E-state index < -0.39 is 17.4 Å². The number of hydrogen-bond donors (Lipinski definition) is 3. The molecule has 6 heteroatoms. The first-order valence-corrected chi connectivity index (χ1v) is 5.73. The highest BCUT2D eigenvalue weighted by molar-refractivity contribution is 5.89. The van der Waals surface area contributed by atoms with Crippen LogP contribution in [0.3, 0.4) is 0 Å². The van der Waals surface area contributed by atoms with Gasteiger partial charge in [-0.3, -0.25) is 9.78 Å². The van der Waals surface area contributed by atoms with Crippen molar-refractivity contribution in [2.45, 2.75) is 19.8 Å². The lowest BCUT2D eigenvalue weighted by atomic mass is 10.1. The third-order valence-corrected chi connectivity index (χ3v) is 3.06. The molecule has 0 unspecified atom stereocenters. The van der Waals surface area contributed by atoms with Gasteiger partial charge in [0.25, 0.3) is 0 Å². The van der Waals surface area contributed by atoms with Crippen LogP contribution < -0.4 is 10.6 Å². The van der Waals surface area contributed by atoms with E-state index in [1.807, 2.05) is 6.92 Å². The maximum atomic E-state index is 11.6. The minimum atomic E-state index is -0.847. The number of urea groups is 1. The van der Waals surface area contributed by atoms with E-state index >= 15 is 0 Å². The summed E-state index contributed by atoms with van der Waals surface area (Å²) in [7, 11) is 0. The standard InChI is InChI=1S/C12H15N3O3/c1-8-2-3-9(6-13-8)15-11(18)14-7-12(4-5-12)10(16)17/h2-3,6H,4-5,7H2,1H3,(H,16,17)(H2,14,15,18). The van der Waals surface area contributed by atoms with E-state index in [9.17, 15) is 9.59 Å². The Morgan fingerprint density at radius 1 is 1.44 bits per heavy atom. The van der Waals surface area contributed by atoms with Crippen LogP contribution in [0.2, 0.25) is 0 Å². The molecule has 0 bridgehead atoms. The lowest BCUT2D eigenvalue weighted by Gasteiger charge is -2.11. The summed E-state index contributed by atoms with van der Waals surface area (Å²) in [4.78, 5) is 26.5. The lowest BCUT2D eigenvalue weighted by molar-refractivity contribution is -0.143. The van der Waals surface area contributed by atoms with Crippen LogP contribution in [0.1, 0.15) is 18.5 Å². The van der Waals surface area contributed by atoms with Crippen molar-refractivity contribution in [1.82, 2.24) is 10.3 Å². The zero-order chi connectivity index (χ0) is 13.2. The first kappa shape index (κ1) is 12.3. The molecule has 96 valence electrons. The molecule has 0 spiro atoms. The highest BCUT2D eigenvalue weighted by atomic mass is 16.4. The van der Waals surface area contributed by atoms with Crippen LogP contribution in [0.5, 0.6) is 0 Å². The predicted octanol–water partition coefficient (Wildman–Crippen LogP) is 1.38. The molecule has 1 aliphatic carbocycles. The first-order chi connectivity index (χ1) is 8.52. The van der Waals surface area contributed by atoms with Gasteiger partial charge < -0.3 is 15.7 Å². The number of rotatable bonds is 4. The molecule has 1 fully saturated rings. The average molecular weight is 249 g/mol. The number of aryl methyl sites for hydroxylation is 1. The number of carboxylic acid groups (broad SMARTS) is 1. The number of carboxylic acids is 1. The molecule has 2 rings (SSSR count). The maximum absolute atomic E-state index is 11.6. The Hall–Kier alpha value is -2.11. The molecule has 1 heterocycles. The predicted molar refractivity (Wildman–Crippen MR) is 65.3 cm³/mol. The average Bonchev–Trinajstić information content (AvgIpc) is 3.11. The van der Waals surface area contributed by atoms with Crippen molar-refractivity contribution in [2.24, 2.45) is 5.41 Å². The fourth-order valence-electron chi connectivity index (χ4n) is 1.58. The largest absolute Gasteiger partial charge is 0.481 e. The van der Waals surface area contributed by atoms with Crippen LogP contribution in [-0.4, -0.2) is 28.6 Å². The Balaban J connectivity index is 1.82. The van der Waals surface area contributed by atoms with Crippen LogP contribution in [0, 0.1) is 12.3 Å². The van der Waals surface area contributed by atoms with Crippen LogP contribution in [0.25, 0.3) is 0 Å². The van der Waals surface area contributed by atoms with Gasteiger partial charge in [-0.2, -0.15) is 0 Å². The van der Waals surface area contributed by atoms with Crippen LogP contribution in [-0.2, 0) is 4.79 Å². The number of nitrogens with zero attached hydrogens (tertiary/aromatic N) is 1. The quantitative estimate of drug-likeness (QED) is 0.751. The molecule has 1 saturated carbocycles. The van der Waals surface area contributed by atoms with Crippen molar-refractivity contribution in [3.8, 4) is 0 Å². The SMILES string of the molecule is Cc1ccc(NC(=O)NCC2(C(=O)O)CC2)cn1. The monoisotopic (exact) mass is 249 g/mol. The van der Waals surface area contributed by atoms with E-state index in [0.29, 0.717) is 18.5 Å². The minimum Gasteiger partial charge on any atom is -0.481 e. The van der Waals surface area contributed by atoms with Crippen LogP contribution in [0.4, 0.5) is 10.5 Å². The summed E-state index contributed by atoms with van der Waals surface area (Å²) in [5.41, 5.74) is 0.699. The van der Waals surface area contributed by atoms with E-state index in [2.05, 4.69) is 15.6 Å². The molecule has 3 N–H and O–H groups in total. The molecule has 1 aromatic rings. The number of aliphatic carboxylic acids is 1. The molecular formula is C12H15N3O3. The van der Waals surface area contributed by atoms with E-state index in [-0.39, 0.29) is 6.54 Å². The zero-order valence-electron chi connectivity index (χ0n) is 10.1. The van der Waals surface area contributed by atoms with Crippen molar-refractivity contribution >= 4 is 17.7 Å². The summed E-state index contributed by atoms with van der Waals surface area (Å²) in [6, 6.07) is 3.12. The van der Waals surface area contributed by atoms with Gasteiger partial charge in [0.2, 0.25) is 0 Å². The Kier molecular flexibility index (Phi) is 3.18. The summed E-state index contributed by atoms with van der Waals surface area (Å²) < 4.78 is 0. The van der Waals surface area contributed by atoms with Crippen molar-refractivity contribution in [3.63, 3.8) is 0 Å². The number of nitrogens with one attached hydrogen (secondary N) is 2. The summed E-state index contributed by atoms with van der Waals surface area (Å²) in [5.74, 6) is -0.847. The van der Waals surface area contributed by atoms with Gasteiger partial charge in [-0.25, -0.2) is 4.79 Å². The Labute approximate surface area is 104 Å². The van der Waals surface area contributed by atoms with Crippen molar-refractivity contribution < 1.29 is 14.7 Å². The van der Waals surface area contributed by atoms with Gasteiger partial charge in [0.15, 0.2) is 0 Å². The van der Waals surface area contributed by atoms with Crippen molar-refractivity contribution in [3.05, 3.63) is 24.0 Å². The lowest BCUT2D eigenvalue weighted by Crippen LogP contribution is -2.36.